The van der Waals surface area contributed by atoms with E-state index in [1.54, 1.807) is 32.2 Å². The maximum atomic E-state index is 12.6. The Kier molecular flexibility index (Phi) is 11.0. The van der Waals surface area contributed by atoms with Gasteiger partial charge in [-0.3, -0.25) is 0 Å². The maximum absolute atomic E-state index is 12.6. The molecule has 4 aromatic carbocycles. The Hall–Kier alpha value is -3.74. The van der Waals surface area contributed by atoms with Crippen LogP contribution in [0.2, 0.25) is 0 Å². The molecule has 4 N–H and O–H groups in total. The number of nitrogens with one attached hydrogen (secondary N) is 1. The quantitative estimate of drug-likeness (QED) is 0.101. The first kappa shape index (κ1) is 34.6. The molecule has 0 spiro atoms. The zero-order valence-electron chi connectivity index (χ0n) is 27.4. The number of hydrogen-bond donors (Lipinski definition) is 4. The Morgan fingerprint density at radius 1 is 0.915 bits per heavy atom. The van der Waals surface area contributed by atoms with E-state index in [2.05, 4.69) is 70.2 Å². The number of anilines is 5. The van der Waals surface area contributed by atoms with Gasteiger partial charge < -0.3 is 35.4 Å². The standard InChI is InChI=1S/C31H29N3O4S.C3H9NS.C2H6O/c1-32-16-7-17-33-20-8-4-10-22-28(20)31-29-21(33)9-5-12-26(29)38-27-13-6-11-23(30(27)31)34(22)24-18-19(39(3,35)36)14-15-25(24)37-2;4-2-1-3-5;1-2-3/h4-6,8-15,18,31-32H,7,16-17H2,1-3H3;5H,1-4H2;3H,2H2,1H3. The van der Waals surface area contributed by atoms with Crippen LogP contribution in [0.15, 0.2) is 77.7 Å². The number of rotatable bonds is 9. The van der Waals surface area contributed by atoms with Crippen LogP contribution in [0.1, 0.15) is 42.4 Å². The largest absolute Gasteiger partial charge is 0.495 e. The summed E-state index contributed by atoms with van der Waals surface area (Å²) in [6, 6.07) is 23.8. The van der Waals surface area contributed by atoms with Gasteiger partial charge in [0.2, 0.25) is 0 Å². The zero-order chi connectivity index (χ0) is 33.7. The van der Waals surface area contributed by atoms with Crippen LogP contribution >= 0.6 is 12.6 Å². The Bertz CT molecular complexity index is 1830. The molecule has 47 heavy (non-hydrogen) atoms. The molecule has 0 bridgehead atoms. The van der Waals surface area contributed by atoms with E-state index in [4.69, 9.17) is 20.3 Å². The summed E-state index contributed by atoms with van der Waals surface area (Å²) >= 11 is 3.92. The molecular weight excluding hydrogens is 633 g/mol. The maximum Gasteiger partial charge on any atom is 0.175 e. The Labute approximate surface area is 283 Å². The summed E-state index contributed by atoms with van der Waals surface area (Å²) in [5, 5.41) is 10.8. The van der Waals surface area contributed by atoms with E-state index in [1.165, 1.54) is 23.1 Å². The van der Waals surface area contributed by atoms with Gasteiger partial charge >= 0.3 is 0 Å². The fourth-order valence-corrected chi connectivity index (χ4v) is 7.24. The van der Waals surface area contributed by atoms with Crippen molar-refractivity contribution in [3.05, 3.63) is 89.5 Å². The lowest BCUT2D eigenvalue weighted by molar-refractivity contribution is 0.318. The highest BCUT2D eigenvalue weighted by molar-refractivity contribution is 7.90. The van der Waals surface area contributed by atoms with Crippen molar-refractivity contribution < 1.29 is 23.0 Å². The highest BCUT2D eigenvalue weighted by atomic mass is 32.2. The van der Waals surface area contributed by atoms with Gasteiger partial charge in [0, 0.05) is 53.4 Å². The van der Waals surface area contributed by atoms with Crippen molar-refractivity contribution in [3.8, 4) is 17.2 Å². The lowest BCUT2D eigenvalue weighted by Crippen LogP contribution is -2.34. The smallest absolute Gasteiger partial charge is 0.175 e. The minimum atomic E-state index is -3.44. The summed E-state index contributed by atoms with van der Waals surface area (Å²) in [6.45, 7) is 4.46. The molecule has 3 aliphatic heterocycles. The number of thiol groups is 1. The summed E-state index contributed by atoms with van der Waals surface area (Å²) in [6.07, 6.45) is 3.24. The number of ether oxygens (including phenoxy) is 2. The second-order valence-corrected chi connectivity index (χ2v) is 13.8. The Morgan fingerprint density at radius 2 is 1.49 bits per heavy atom. The zero-order valence-corrected chi connectivity index (χ0v) is 29.1. The molecule has 9 nitrogen and oxygen atoms in total. The third-order valence-corrected chi connectivity index (χ3v) is 9.71. The van der Waals surface area contributed by atoms with Crippen LogP contribution in [-0.4, -0.2) is 65.9 Å². The monoisotopic (exact) mass is 676 g/mol. The molecule has 3 heterocycles. The molecule has 0 fully saturated rings. The SMILES string of the molecule is CCO.CNCCCN1c2cccc3c2C2c4c(cccc4N(c4cc(S(C)(=O)=O)ccc4OC)c4cccc1c42)O3.NCCCS. The van der Waals surface area contributed by atoms with Crippen LogP contribution in [0.5, 0.6) is 17.2 Å². The first-order chi connectivity index (χ1) is 22.7. The second kappa shape index (κ2) is 15.0. The molecule has 0 aliphatic carbocycles. The summed E-state index contributed by atoms with van der Waals surface area (Å²) in [7, 11) is 0.151. The molecule has 7 rings (SSSR count). The van der Waals surface area contributed by atoms with Crippen molar-refractivity contribution in [3.63, 3.8) is 0 Å². The summed E-state index contributed by atoms with van der Waals surface area (Å²) < 4.78 is 37.5. The first-order valence-corrected chi connectivity index (χ1v) is 18.4. The van der Waals surface area contributed by atoms with Crippen molar-refractivity contribution in [2.24, 2.45) is 5.73 Å². The number of nitrogens with zero attached hydrogens (tertiary/aromatic N) is 2. The van der Waals surface area contributed by atoms with E-state index in [9.17, 15) is 8.42 Å². The van der Waals surface area contributed by atoms with Crippen LogP contribution in [0.3, 0.4) is 0 Å². The van der Waals surface area contributed by atoms with Gasteiger partial charge in [-0.2, -0.15) is 12.6 Å². The van der Waals surface area contributed by atoms with Crippen molar-refractivity contribution in [1.82, 2.24) is 5.32 Å². The van der Waals surface area contributed by atoms with Gasteiger partial charge in [0.1, 0.15) is 17.2 Å². The topological polar surface area (TPSA) is 117 Å². The van der Waals surface area contributed by atoms with Crippen molar-refractivity contribution in [2.45, 2.75) is 30.6 Å². The van der Waals surface area contributed by atoms with Crippen molar-refractivity contribution in [2.75, 3.05) is 62.2 Å². The average Bonchev–Trinajstić information content (AvgIpc) is 3.06. The van der Waals surface area contributed by atoms with E-state index in [0.29, 0.717) is 11.4 Å². The molecule has 4 aromatic rings. The number of aliphatic hydroxyl groups excluding tert-OH is 1. The van der Waals surface area contributed by atoms with E-state index in [1.807, 2.05) is 19.2 Å². The summed E-state index contributed by atoms with van der Waals surface area (Å²) in [4.78, 5) is 4.78. The minimum absolute atomic E-state index is 0.00300. The van der Waals surface area contributed by atoms with Gasteiger partial charge in [0.25, 0.3) is 0 Å². The molecule has 1 unspecified atom stereocenters. The minimum Gasteiger partial charge on any atom is -0.495 e. The summed E-state index contributed by atoms with van der Waals surface area (Å²) in [5.41, 5.74) is 13.5. The lowest BCUT2D eigenvalue weighted by Gasteiger charge is -2.47. The van der Waals surface area contributed by atoms with Crippen LogP contribution in [0, 0.1) is 0 Å². The Balaban J connectivity index is 0.000000490. The number of sulfone groups is 1. The van der Waals surface area contributed by atoms with Crippen LogP contribution in [0.4, 0.5) is 28.4 Å². The molecule has 11 heteroatoms. The van der Waals surface area contributed by atoms with E-state index in [-0.39, 0.29) is 17.4 Å². The van der Waals surface area contributed by atoms with E-state index in [0.717, 1.165) is 72.4 Å². The molecule has 0 aromatic heterocycles. The normalized spacial score (nSPS) is 14.6. The first-order valence-electron chi connectivity index (χ1n) is 15.8. The van der Waals surface area contributed by atoms with E-state index < -0.39 is 9.84 Å². The third-order valence-electron chi connectivity index (χ3n) is 8.29. The number of aliphatic hydroxyl groups is 1. The third kappa shape index (κ3) is 6.55. The van der Waals surface area contributed by atoms with Gasteiger partial charge in [-0.25, -0.2) is 8.42 Å². The number of nitrogens with two attached hydrogens (primary N) is 1. The molecule has 1 atom stereocenters. The number of hydrogen-bond acceptors (Lipinski definition) is 10. The van der Waals surface area contributed by atoms with Crippen molar-refractivity contribution >= 4 is 50.9 Å². The fourth-order valence-electron chi connectivity index (χ4n) is 6.41. The number of methoxy groups -OCH3 is 1. The molecule has 250 valence electrons. The Morgan fingerprint density at radius 3 is 2.04 bits per heavy atom. The van der Waals surface area contributed by atoms with Gasteiger partial charge in [0.15, 0.2) is 9.84 Å². The van der Waals surface area contributed by atoms with Gasteiger partial charge in [-0.15, -0.1) is 0 Å². The molecule has 0 radical (unpaired) electrons. The van der Waals surface area contributed by atoms with E-state index >= 15 is 0 Å². The molecule has 3 aliphatic rings. The second-order valence-electron chi connectivity index (χ2n) is 11.4. The predicted octanol–water partition coefficient (Wildman–Crippen LogP) is 6.49. The van der Waals surface area contributed by atoms with Crippen LogP contribution < -0.4 is 30.3 Å². The highest BCUT2D eigenvalue weighted by Crippen LogP contribution is 2.65. The predicted molar refractivity (Wildman–Crippen MR) is 194 cm³/mol. The average molecular weight is 677 g/mol. The molecule has 0 saturated carbocycles. The molecular formula is C36H44N4O5S2. The number of benzene rings is 4. The fraction of sp³-hybridized carbons (Fsp3) is 0.333. The van der Waals surface area contributed by atoms with Gasteiger partial charge in [-0.1, -0.05) is 18.2 Å². The highest BCUT2D eigenvalue weighted by Gasteiger charge is 2.45. The van der Waals surface area contributed by atoms with Crippen LogP contribution in [-0.2, 0) is 9.84 Å². The molecule has 0 amide bonds. The van der Waals surface area contributed by atoms with Crippen LogP contribution in [0.25, 0.3) is 0 Å². The lowest BCUT2D eigenvalue weighted by atomic mass is 9.74. The summed E-state index contributed by atoms with van der Waals surface area (Å²) in [5.74, 6) is 3.20. The van der Waals surface area contributed by atoms with Gasteiger partial charge in [-0.05, 0) is 100 Å². The molecule has 0 saturated heterocycles. The van der Waals surface area contributed by atoms with Crippen molar-refractivity contribution in [1.29, 1.82) is 0 Å². The van der Waals surface area contributed by atoms with Gasteiger partial charge in [0.05, 0.1) is 29.1 Å².